The van der Waals surface area contributed by atoms with Gasteiger partial charge in [0, 0.05) is 24.4 Å². The van der Waals surface area contributed by atoms with Crippen LogP contribution in [0.1, 0.15) is 45.7 Å². The molecule has 0 saturated carbocycles. The van der Waals surface area contributed by atoms with Gasteiger partial charge in [-0.2, -0.15) is 0 Å². The zero-order valence-electron chi connectivity index (χ0n) is 18.3. The third-order valence-corrected chi connectivity index (χ3v) is 5.93. The summed E-state index contributed by atoms with van der Waals surface area (Å²) in [5, 5.41) is 2.81. The molecule has 0 heterocycles. The summed E-state index contributed by atoms with van der Waals surface area (Å²) in [6, 6.07) is 20.9. The molecule has 0 aliphatic heterocycles. The Morgan fingerprint density at radius 1 is 0.903 bits per heavy atom. The maximum atomic E-state index is 12.2. The van der Waals surface area contributed by atoms with Gasteiger partial charge in [0.2, 0.25) is 0 Å². The summed E-state index contributed by atoms with van der Waals surface area (Å²) in [6.07, 6.45) is 0.183. The fourth-order valence-electron chi connectivity index (χ4n) is 4.13. The number of ether oxygens (including phenoxy) is 1. The molecule has 0 radical (unpaired) electrons. The molecule has 0 unspecified atom stereocenters. The van der Waals surface area contributed by atoms with Gasteiger partial charge >= 0.3 is 6.09 Å². The van der Waals surface area contributed by atoms with E-state index in [1.165, 1.54) is 38.9 Å². The molecule has 1 aliphatic carbocycles. The molecule has 1 amide bonds. The number of benzene rings is 3. The van der Waals surface area contributed by atoms with Gasteiger partial charge in [0.15, 0.2) is 0 Å². The fourth-order valence-corrected chi connectivity index (χ4v) is 4.13. The number of hydrogen-bond acceptors (Lipinski definition) is 2. The first-order chi connectivity index (χ1) is 15.0. The molecule has 31 heavy (non-hydrogen) atoms. The number of fused-ring (bicyclic) bond motifs is 3. The van der Waals surface area contributed by atoms with Crippen LogP contribution in [0.15, 0.2) is 60.7 Å². The van der Waals surface area contributed by atoms with Crippen molar-refractivity contribution in [3.63, 3.8) is 0 Å². The zero-order chi connectivity index (χ0) is 21.8. The summed E-state index contributed by atoms with van der Waals surface area (Å²) in [5.74, 6) is 6.43. The van der Waals surface area contributed by atoms with Gasteiger partial charge in [0.05, 0.1) is 0 Å². The molecule has 0 atom stereocenters. The number of carbonyl (C=O) groups is 1. The summed E-state index contributed by atoms with van der Waals surface area (Å²) in [4.78, 5) is 12.2. The smallest absolute Gasteiger partial charge is 0.407 e. The third-order valence-electron chi connectivity index (χ3n) is 5.93. The molecule has 3 aromatic rings. The lowest BCUT2D eigenvalue weighted by Gasteiger charge is -2.14. The molecule has 0 spiro atoms. The highest BCUT2D eigenvalue weighted by atomic mass is 16.5. The Balaban J connectivity index is 1.30. The predicted octanol–water partition coefficient (Wildman–Crippen LogP) is 5.89. The molecule has 3 heteroatoms. The molecule has 1 N–H and O–H groups in total. The van der Waals surface area contributed by atoms with Crippen molar-refractivity contribution >= 4 is 6.09 Å². The van der Waals surface area contributed by atoms with Gasteiger partial charge in [0.25, 0.3) is 0 Å². The van der Waals surface area contributed by atoms with Crippen LogP contribution in [0.25, 0.3) is 11.1 Å². The molecule has 0 fully saturated rings. The number of carbonyl (C=O) groups excluding carboxylic acids is 1. The molecule has 0 aromatic heterocycles. The van der Waals surface area contributed by atoms with Gasteiger partial charge in [0.1, 0.15) is 6.61 Å². The minimum atomic E-state index is -0.397. The molecule has 4 rings (SSSR count). The maximum Gasteiger partial charge on any atom is 0.407 e. The summed E-state index contributed by atoms with van der Waals surface area (Å²) in [6.45, 7) is 7.07. The standard InChI is InChI=1S/C28H27NO2/c1-19-16-21(3)22(17-20(19)2)10-8-9-15-29-28(30)31-18-27-25-13-6-4-11-23(25)24-12-5-7-14-26(24)27/h4-7,11-14,16-17,27H,9,15,18H2,1-3H3,(H,29,30). The minimum absolute atomic E-state index is 0.0747. The van der Waals surface area contributed by atoms with Crippen LogP contribution >= 0.6 is 0 Å². The predicted molar refractivity (Wildman–Crippen MR) is 125 cm³/mol. The quantitative estimate of drug-likeness (QED) is 0.431. The topological polar surface area (TPSA) is 38.3 Å². The van der Waals surface area contributed by atoms with Crippen LogP contribution in [-0.4, -0.2) is 19.2 Å². The molecule has 0 saturated heterocycles. The van der Waals surface area contributed by atoms with Crippen molar-refractivity contribution in [3.05, 3.63) is 94.0 Å². The van der Waals surface area contributed by atoms with Crippen LogP contribution in [0.5, 0.6) is 0 Å². The van der Waals surface area contributed by atoms with Gasteiger partial charge < -0.3 is 10.1 Å². The van der Waals surface area contributed by atoms with Crippen LogP contribution in [0.2, 0.25) is 0 Å². The van der Waals surface area contributed by atoms with Crippen molar-refractivity contribution < 1.29 is 9.53 Å². The van der Waals surface area contributed by atoms with Gasteiger partial charge in [-0.1, -0.05) is 66.4 Å². The zero-order valence-corrected chi connectivity index (χ0v) is 18.3. The van der Waals surface area contributed by atoms with Crippen LogP contribution in [0.3, 0.4) is 0 Å². The first kappa shape index (κ1) is 20.8. The van der Waals surface area contributed by atoms with E-state index in [2.05, 4.69) is 74.3 Å². The van der Waals surface area contributed by atoms with Crippen molar-refractivity contribution in [1.82, 2.24) is 5.32 Å². The Bertz CT molecular complexity index is 1140. The number of nitrogens with one attached hydrogen (secondary N) is 1. The lowest BCUT2D eigenvalue weighted by Crippen LogP contribution is -2.26. The monoisotopic (exact) mass is 409 g/mol. The summed E-state index contributed by atoms with van der Waals surface area (Å²) < 4.78 is 5.55. The number of hydrogen-bond donors (Lipinski definition) is 1. The number of alkyl carbamates (subject to hydrolysis) is 1. The van der Waals surface area contributed by atoms with E-state index in [1.807, 2.05) is 24.3 Å². The lowest BCUT2D eigenvalue weighted by molar-refractivity contribution is 0.143. The van der Waals surface area contributed by atoms with E-state index in [-0.39, 0.29) is 5.92 Å². The van der Waals surface area contributed by atoms with E-state index >= 15 is 0 Å². The Hall–Kier alpha value is -3.51. The third kappa shape index (κ3) is 4.49. The van der Waals surface area contributed by atoms with Gasteiger partial charge in [-0.15, -0.1) is 0 Å². The van der Waals surface area contributed by atoms with Gasteiger partial charge in [-0.05, 0) is 65.8 Å². The van der Waals surface area contributed by atoms with Gasteiger partial charge in [-0.25, -0.2) is 4.79 Å². The van der Waals surface area contributed by atoms with E-state index in [1.54, 1.807) is 0 Å². The van der Waals surface area contributed by atoms with Crippen molar-refractivity contribution in [2.75, 3.05) is 13.2 Å². The number of amides is 1. The first-order valence-corrected chi connectivity index (χ1v) is 10.7. The van der Waals surface area contributed by atoms with Crippen LogP contribution in [-0.2, 0) is 4.74 Å². The average Bonchev–Trinajstić information content (AvgIpc) is 3.09. The second kappa shape index (κ2) is 9.10. The Morgan fingerprint density at radius 2 is 1.52 bits per heavy atom. The second-order valence-corrected chi connectivity index (χ2v) is 8.06. The SMILES string of the molecule is Cc1cc(C)c(C#CCCNC(=O)OCC2c3ccccc3-c3ccccc32)cc1C. The number of aryl methyl sites for hydroxylation is 3. The van der Waals surface area contributed by atoms with Crippen molar-refractivity contribution in [1.29, 1.82) is 0 Å². The first-order valence-electron chi connectivity index (χ1n) is 10.7. The van der Waals surface area contributed by atoms with Crippen molar-refractivity contribution in [2.45, 2.75) is 33.1 Å². The van der Waals surface area contributed by atoms with Crippen LogP contribution < -0.4 is 5.32 Å². The molecule has 1 aliphatic rings. The molecular weight excluding hydrogens is 382 g/mol. The summed E-state index contributed by atoms with van der Waals surface area (Å²) in [7, 11) is 0. The Morgan fingerprint density at radius 3 is 2.19 bits per heavy atom. The highest BCUT2D eigenvalue weighted by molar-refractivity contribution is 5.79. The normalized spacial score (nSPS) is 11.8. The Kier molecular flexibility index (Phi) is 6.09. The van der Waals surface area contributed by atoms with Crippen molar-refractivity contribution in [3.8, 4) is 23.0 Å². The average molecular weight is 410 g/mol. The fraction of sp³-hybridized carbons (Fsp3) is 0.250. The number of rotatable bonds is 4. The minimum Gasteiger partial charge on any atom is -0.449 e. The molecule has 0 bridgehead atoms. The highest BCUT2D eigenvalue weighted by Gasteiger charge is 2.28. The summed E-state index contributed by atoms with van der Waals surface area (Å²) in [5.41, 5.74) is 9.63. The van der Waals surface area contributed by atoms with E-state index in [0.717, 1.165) is 5.56 Å². The summed E-state index contributed by atoms with van der Waals surface area (Å²) >= 11 is 0. The van der Waals surface area contributed by atoms with Crippen LogP contribution in [0.4, 0.5) is 4.79 Å². The molecular formula is C28H27NO2. The van der Waals surface area contributed by atoms with E-state index in [4.69, 9.17) is 4.74 Å². The molecule has 3 nitrogen and oxygen atoms in total. The van der Waals surface area contributed by atoms with Gasteiger partial charge in [-0.3, -0.25) is 0 Å². The highest BCUT2D eigenvalue weighted by Crippen LogP contribution is 2.44. The van der Waals surface area contributed by atoms with Crippen molar-refractivity contribution in [2.24, 2.45) is 0 Å². The largest absolute Gasteiger partial charge is 0.449 e. The lowest BCUT2D eigenvalue weighted by atomic mass is 9.98. The second-order valence-electron chi connectivity index (χ2n) is 8.06. The van der Waals surface area contributed by atoms with Crippen LogP contribution in [0, 0.1) is 32.6 Å². The maximum absolute atomic E-state index is 12.2. The molecule has 156 valence electrons. The van der Waals surface area contributed by atoms with E-state index in [9.17, 15) is 4.79 Å². The van der Waals surface area contributed by atoms with E-state index in [0.29, 0.717) is 19.6 Å². The Labute approximate surface area is 184 Å². The molecule has 3 aromatic carbocycles. The van der Waals surface area contributed by atoms with E-state index < -0.39 is 6.09 Å².